The largest absolute Gasteiger partial charge is 0.326 e. The predicted octanol–water partition coefficient (Wildman–Crippen LogP) is 3.14. The molecule has 15 heavy (non-hydrogen) atoms. The minimum absolute atomic E-state index is 0.244. The molecule has 2 N–H and O–H groups in total. The van der Waals surface area contributed by atoms with Crippen LogP contribution in [0.2, 0.25) is 0 Å². The van der Waals surface area contributed by atoms with Crippen LogP contribution in [0.15, 0.2) is 15.9 Å². The highest BCUT2D eigenvalue weighted by molar-refractivity contribution is 9.11. The fraction of sp³-hybridized carbons (Fsp3) is 0.545. The van der Waals surface area contributed by atoms with E-state index in [4.69, 9.17) is 5.73 Å². The van der Waals surface area contributed by atoms with E-state index >= 15 is 0 Å². The van der Waals surface area contributed by atoms with Gasteiger partial charge in [-0.25, -0.2) is 0 Å². The summed E-state index contributed by atoms with van der Waals surface area (Å²) in [5, 5.41) is 0. The second kappa shape index (κ2) is 5.23. The maximum atomic E-state index is 11.6. The average Bonchev–Trinajstić information content (AvgIpc) is 2.47. The van der Waals surface area contributed by atoms with Gasteiger partial charge in [0.05, 0.1) is 3.79 Å². The third kappa shape index (κ3) is 5.44. The Balaban J connectivity index is 2.37. The van der Waals surface area contributed by atoms with Crippen molar-refractivity contribution in [3.8, 4) is 0 Å². The Morgan fingerprint density at radius 3 is 2.67 bits per heavy atom. The van der Waals surface area contributed by atoms with Crippen LogP contribution in [0.4, 0.5) is 0 Å². The number of hydrogen-bond donors (Lipinski definition) is 1. The molecule has 0 atom stereocenters. The molecule has 0 saturated carbocycles. The van der Waals surface area contributed by atoms with Crippen molar-refractivity contribution in [1.82, 2.24) is 0 Å². The summed E-state index contributed by atoms with van der Waals surface area (Å²) in [7, 11) is 0. The monoisotopic (exact) mass is 289 g/mol. The number of thiophene rings is 1. The first-order valence-corrected chi connectivity index (χ1v) is 6.52. The molecule has 0 aliphatic rings. The van der Waals surface area contributed by atoms with Crippen LogP contribution in [0.25, 0.3) is 0 Å². The minimum Gasteiger partial charge on any atom is -0.326 e. The van der Waals surface area contributed by atoms with Gasteiger partial charge in [-0.2, -0.15) is 0 Å². The zero-order chi connectivity index (χ0) is 11.5. The first-order chi connectivity index (χ1) is 6.87. The van der Waals surface area contributed by atoms with Crippen LogP contribution < -0.4 is 5.73 Å². The van der Waals surface area contributed by atoms with E-state index in [-0.39, 0.29) is 11.3 Å². The van der Waals surface area contributed by atoms with Gasteiger partial charge in [-0.3, -0.25) is 4.79 Å². The lowest BCUT2D eigenvalue weighted by atomic mass is 9.97. The molecular weight excluding hydrogens is 274 g/mol. The van der Waals surface area contributed by atoms with Crippen LogP contribution >= 0.6 is 27.3 Å². The smallest absolute Gasteiger partial charge is 0.138 e. The van der Waals surface area contributed by atoms with E-state index < -0.39 is 0 Å². The molecule has 0 radical (unpaired) electrons. The Hall–Kier alpha value is -0.190. The molecular formula is C11H16BrNOS. The highest BCUT2D eigenvalue weighted by Gasteiger charge is 2.13. The van der Waals surface area contributed by atoms with Gasteiger partial charge in [0.25, 0.3) is 0 Å². The fourth-order valence-electron chi connectivity index (χ4n) is 1.19. The summed E-state index contributed by atoms with van der Waals surface area (Å²) >= 11 is 4.99. The molecule has 84 valence electrons. The maximum Gasteiger partial charge on any atom is 0.138 e. The second-order valence-electron chi connectivity index (χ2n) is 4.41. The van der Waals surface area contributed by atoms with Crippen LogP contribution in [0.1, 0.15) is 31.6 Å². The SMILES string of the molecule is CC(C)(N)CCC(=O)Cc1ccc(Br)s1. The van der Waals surface area contributed by atoms with E-state index in [1.165, 1.54) is 0 Å². The lowest BCUT2D eigenvalue weighted by molar-refractivity contribution is -0.118. The van der Waals surface area contributed by atoms with Gasteiger partial charge >= 0.3 is 0 Å². The topological polar surface area (TPSA) is 43.1 Å². The summed E-state index contributed by atoms with van der Waals surface area (Å²) in [6.07, 6.45) is 1.85. The molecule has 1 heterocycles. The normalized spacial score (nSPS) is 11.7. The van der Waals surface area contributed by atoms with Gasteiger partial charge in [-0.1, -0.05) is 0 Å². The summed E-state index contributed by atoms with van der Waals surface area (Å²) < 4.78 is 1.07. The molecule has 1 rings (SSSR count). The van der Waals surface area contributed by atoms with Crippen LogP contribution in [0.5, 0.6) is 0 Å². The van der Waals surface area contributed by atoms with E-state index in [2.05, 4.69) is 15.9 Å². The van der Waals surface area contributed by atoms with E-state index in [0.717, 1.165) is 15.1 Å². The van der Waals surface area contributed by atoms with Crippen molar-refractivity contribution in [2.24, 2.45) is 5.73 Å². The van der Waals surface area contributed by atoms with Crippen molar-refractivity contribution < 1.29 is 4.79 Å². The number of Topliss-reactive ketones (excluding diaryl/α,β-unsaturated/α-hetero) is 1. The van der Waals surface area contributed by atoms with Crippen molar-refractivity contribution in [3.05, 3.63) is 20.8 Å². The third-order valence-corrected chi connectivity index (χ3v) is 3.67. The highest BCUT2D eigenvalue weighted by Crippen LogP contribution is 2.23. The van der Waals surface area contributed by atoms with Crippen LogP contribution in [-0.2, 0) is 11.2 Å². The number of halogens is 1. The number of rotatable bonds is 5. The van der Waals surface area contributed by atoms with Gasteiger partial charge in [-0.05, 0) is 48.3 Å². The average molecular weight is 290 g/mol. The van der Waals surface area contributed by atoms with Gasteiger partial charge in [0.1, 0.15) is 5.78 Å². The molecule has 0 aromatic carbocycles. The number of nitrogens with two attached hydrogens (primary N) is 1. The molecule has 2 nitrogen and oxygen atoms in total. The van der Waals surface area contributed by atoms with Crippen LogP contribution in [0, 0.1) is 0 Å². The summed E-state index contributed by atoms with van der Waals surface area (Å²) in [6.45, 7) is 3.89. The first-order valence-electron chi connectivity index (χ1n) is 4.91. The van der Waals surface area contributed by atoms with Crippen molar-refractivity contribution in [3.63, 3.8) is 0 Å². The Morgan fingerprint density at radius 2 is 2.20 bits per heavy atom. The Kier molecular flexibility index (Phi) is 4.49. The molecule has 4 heteroatoms. The zero-order valence-corrected chi connectivity index (χ0v) is 11.5. The first kappa shape index (κ1) is 12.9. The molecule has 0 bridgehead atoms. The quantitative estimate of drug-likeness (QED) is 0.905. The summed E-state index contributed by atoms with van der Waals surface area (Å²) in [6, 6.07) is 3.96. The molecule has 0 unspecified atom stereocenters. The van der Waals surface area contributed by atoms with Gasteiger partial charge in [0, 0.05) is 23.3 Å². The lowest BCUT2D eigenvalue weighted by Crippen LogP contribution is -2.32. The Morgan fingerprint density at radius 1 is 1.53 bits per heavy atom. The lowest BCUT2D eigenvalue weighted by Gasteiger charge is -2.17. The van der Waals surface area contributed by atoms with Crippen LogP contribution in [0.3, 0.4) is 0 Å². The molecule has 1 aromatic rings. The van der Waals surface area contributed by atoms with Crippen molar-refractivity contribution in [2.75, 3.05) is 0 Å². The number of carbonyl (C=O) groups excluding carboxylic acids is 1. The standard InChI is InChI=1S/C11H16BrNOS/c1-11(2,13)6-5-8(14)7-9-3-4-10(12)15-9/h3-4H,5-7,13H2,1-2H3. The van der Waals surface area contributed by atoms with Gasteiger partial charge in [0.2, 0.25) is 0 Å². The van der Waals surface area contributed by atoms with Crippen molar-refractivity contribution in [2.45, 2.75) is 38.6 Å². The summed E-state index contributed by atoms with van der Waals surface area (Å²) in [5.74, 6) is 0.267. The Bertz CT molecular complexity index is 341. The fourth-order valence-corrected chi connectivity index (χ4v) is 2.70. The van der Waals surface area contributed by atoms with Crippen molar-refractivity contribution >= 4 is 33.0 Å². The second-order valence-corrected chi connectivity index (χ2v) is 6.96. The molecule has 0 aliphatic carbocycles. The van der Waals surface area contributed by atoms with E-state index in [1.807, 2.05) is 26.0 Å². The molecule has 0 aliphatic heterocycles. The molecule has 0 fully saturated rings. The minimum atomic E-state index is -0.244. The number of carbonyl (C=O) groups is 1. The molecule has 0 spiro atoms. The van der Waals surface area contributed by atoms with Crippen LogP contribution in [-0.4, -0.2) is 11.3 Å². The maximum absolute atomic E-state index is 11.6. The zero-order valence-electron chi connectivity index (χ0n) is 9.05. The number of ketones is 1. The van der Waals surface area contributed by atoms with Crippen molar-refractivity contribution in [1.29, 1.82) is 0 Å². The van der Waals surface area contributed by atoms with Gasteiger partial charge in [-0.15, -0.1) is 11.3 Å². The predicted molar refractivity (Wildman–Crippen MR) is 68.2 cm³/mol. The van der Waals surface area contributed by atoms with E-state index in [9.17, 15) is 4.79 Å². The molecule has 0 amide bonds. The van der Waals surface area contributed by atoms with Gasteiger partial charge in [0.15, 0.2) is 0 Å². The number of hydrogen-bond acceptors (Lipinski definition) is 3. The highest BCUT2D eigenvalue weighted by atomic mass is 79.9. The summed E-state index contributed by atoms with van der Waals surface area (Å²) in [4.78, 5) is 12.7. The molecule has 1 aromatic heterocycles. The Labute approximate surface area is 103 Å². The van der Waals surface area contributed by atoms with Gasteiger partial charge < -0.3 is 5.73 Å². The third-order valence-electron chi connectivity index (χ3n) is 2.05. The summed E-state index contributed by atoms with van der Waals surface area (Å²) in [5.41, 5.74) is 5.58. The van der Waals surface area contributed by atoms with E-state index in [0.29, 0.717) is 12.8 Å². The molecule has 0 saturated heterocycles. The van der Waals surface area contributed by atoms with E-state index in [1.54, 1.807) is 11.3 Å².